The zero-order valence-corrected chi connectivity index (χ0v) is 19.5. The summed E-state index contributed by atoms with van der Waals surface area (Å²) < 4.78 is 28.7. The van der Waals surface area contributed by atoms with E-state index in [1.165, 1.54) is 0 Å². The average molecular weight is 468 g/mol. The number of ether oxygens (including phenoxy) is 5. The minimum atomic E-state index is -0.690. The van der Waals surface area contributed by atoms with E-state index >= 15 is 0 Å². The van der Waals surface area contributed by atoms with Crippen molar-refractivity contribution in [2.45, 2.75) is 38.3 Å². The molecule has 1 saturated heterocycles. The third-order valence-electron chi connectivity index (χ3n) is 7.03. The molecule has 2 aliphatic heterocycles. The van der Waals surface area contributed by atoms with Gasteiger partial charge < -0.3 is 29.0 Å². The summed E-state index contributed by atoms with van der Waals surface area (Å²) in [6, 6.07) is 9.35. The molecular formula is C26H29NO7. The predicted molar refractivity (Wildman–Crippen MR) is 123 cm³/mol. The first-order valence-electron chi connectivity index (χ1n) is 11.6. The molecule has 8 nitrogen and oxygen atoms in total. The smallest absolute Gasteiger partial charge is 0.315 e. The van der Waals surface area contributed by atoms with Gasteiger partial charge in [0.25, 0.3) is 5.91 Å². The van der Waals surface area contributed by atoms with E-state index in [-0.39, 0.29) is 24.6 Å². The Balaban J connectivity index is 1.48. The SMILES string of the molecule is COc1ccc(-c2cccc3c2CNC3=O)c(OCC2(C(=O)O[C@H]3CCOC3)CCC2)c1OC. The van der Waals surface area contributed by atoms with Crippen LogP contribution in [0.5, 0.6) is 17.2 Å². The summed E-state index contributed by atoms with van der Waals surface area (Å²) in [5.74, 6) is 1.14. The van der Waals surface area contributed by atoms with Crippen molar-refractivity contribution in [3.05, 3.63) is 41.5 Å². The molecule has 0 spiro atoms. The number of esters is 1. The average Bonchev–Trinajstić information content (AvgIpc) is 3.47. The molecule has 0 bridgehead atoms. The van der Waals surface area contributed by atoms with Crippen molar-refractivity contribution in [2.24, 2.45) is 5.41 Å². The molecule has 2 fully saturated rings. The van der Waals surface area contributed by atoms with Crippen molar-refractivity contribution in [3.8, 4) is 28.4 Å². The molecule has 34 heavy (non-hydrogen) atoms. The van der Waals surface area contributed by atoms with E-state index in [1.54, 1.807) is 14.2 Å². The van der Waals surface area contributed by atoms with Gasteiger partial charge in [0.05, 0.1) is 27.4 Å². The summed E-state index contributed by atoms with van der Waals surface area (Å²) in [6.07, 6.45) is 2.90. The minimum absolute atomic E-state index is 0.0909. The van der Waals surface area contributed by atoms with E-state index in [1.807, 2.05) is 30.3 Å². The fraction of sp³-hybridized carbons (Fsp3) is 0.462. The first-order chi connectivity index (χ1) is 16.6. The first kappa shape index (κ1) is 22.5. The molecule has 180 valence electrons. The molecule has 1 saturated carbocycles. The second-order valence-electron chi connectivity index (χ2n) is 9.01. The number of nitrogens with one attached hydrogen (secondary N) is 1. The van der Waals surface area contributed by atoms with Crippen LogP contribution in [0.15, 0.2) is 30.3 Å². The number of hydrogen-bond donors (Lipinski definition) is 1. The van der Waals surface area contributed by atoms with Gasteiger partial charge in [0.2, 0.25) is 5.75 Å². The number of amides is 1. The topological polar surface area (TPSA) is 92.3 Å². The van der Waals surface area contributed by atoms with Crippen LogP contribution in [0.2, 0.25) is 0 Å². The maximum Gasteiger partial charge on any atom is 0.315 e. The van der Waals surface area contributed by atoms with Gasteiger partial charge in [-0.2, -0.15) is 0 Å². The Labute approximate surface area is 198 Å². The molecular weight excluding hydrogens is 438 g/mol. The maximum atomic E-state index is 13.1. The zero-order valence-electron chi connectivity index (χ0n) is 19.5. The van der Waals surface area contributed by atoms with E-state index in [2.05, 4.69) is 5.32 Å². The maximum absolute atomic E-state index is 13.1. The largest absolute Gasteiger partial charge is 0.493 e. The van der Waals surface area contributed by atoms with Crippen LogP contribution < -0.4 is 19.5 Å². The Hall–Kier alpha value is -3.26. The molecule has 1 atom stereocenters. The van der Waals surface area contributed by atoms with Crippen LogP contribution in [0.4, 0.5) is 0 Å². The lowest BCUT2D eigenvalue weighted by Gasteiger charge is -2.39. The van der Waals surface area contributed by atoms with Crippen molar-refractivity contribution < 1.29 is 33.3 Å². The standard InChI is InChI=1S/C26H29NO7/c1-30-21-8-7-18(17-5-3-6-19-20(17)13-27-24(19)28)22(23(21)31-2)33-15-26(10-4-11-26)25(29)34-16-9-12-32-14-16/h3,5-8,16H,4,9-15H2,1-2H3,(H,27,28)/t16-/m0/s1. The molecule has 2 aromatic carbocycles. The van der Waals surface area contributed by atoms with Gasteiger partial charge in [-0.05, 0) is 42.2 Å². The minimum Gasteiger partial charge on any atom is -0.493 e. The normalized spacial score (nSPS) is 20.2. The first-order valence-corrected chi connectivity index (χ1v) is 11.6. The highest BCUT2D eigenvalue weighted by atomic mass is 16.6. The zero-order chi connectivity index (χ0) is 23.7. The highest BCUT2D eigenvalue weighted by Gasteiger charge is 2.48. The quantitative estimate of drug-likeness (QED) is 0.594. The molecule has 0 unspecified atom stereocenters. The lowest BCUT2D eigenvalue weighted by atomic mass is 9.69. The van der Waals surface area contributed by atoms with Crippen molar-refractivity contribution in [3.63, 3.8) is 0 Å². The summed E-state index contributed by atoms with van der Waals surface area (Å²) in [4.78, 5) is 25.3. The van der Waals surface area contributed by atoms with Gasteiger partial charge in [-0.1, -0.05) is 18.6 Å². The van der Waals surface area contributed by atoms with Crippen molar-refractivity contribution >= 4 is 11.9 Å². The van der Waals surface area contributed by atoms with Crippen LogP contribution in [0.1, 0.15) is 41.6 Å². The van der Waals surface area contributed by atoms with E-state index in [9.17, 15) is 9.59 Å². The summed E-state index contributed by atoms with van der Waals surface area (Å²) in [5, 5.41) is 2.88. The van der Waals surface area contributed by atoms with Crippen LogP contribution in [0, 0.1) is 5.41 Å². The van der Waals surface area contributed by atoms with Gasteiger partial charge in [0, 0.05) is 24.1 Å². The fourth-order valence-electron chi connectivity index (χ4n) is 4.86. The van der Waals surface area contributed by atoms with Gasteiger partial charge in [-0.15, -0.1) is 0 Å². The van der Waals surface area contributed by atoms with Crippen molar-refractivity contribution in [1.29, 1.82) is 0 Å². The predicted octanol–water partition coefficient (Wildman–Crippen LogP) is 3.50. The number of rotatable bonds is 8. The van der Waals surface area contributed by atoms with E-state index in [4.69, 9.17) is 23.7 Å². The summed E-state index contributed by atoms with van der Waals surface area (Å²) >= 11 is 0. The van der Waals surface area contributed by atoms with Crippen LogP contribution in [0.25, 0.3) is 11.1 Å². The summed E-state index contributed by atoms with van der Waals surface area (Å²) in [6.45, 7) is 1.67. The van der Waals surface area contributed by atoms with Gasteiger partial charge in [-0.25, -0.2) is 0 Å². The van der Waals surface area contributed by atoms with Gasteiger partial charge >= 0.3 is 5.97 Å². The third-order valence-corrected chi connectivity index (χ3v) is 7.03. The van der Waals surface area contributed by atoms with Crippen molar-refractivity contribution in [2.75, 3.05) is 34.0 Å². The van der Waals surface area contributed by atoms with Crippen LogP contribution >= 0.6 is 0 Å². The number of hydrogen-bond acceptors (Lipinski definition) is 7. The number of carbonyl (C=O) groups excluding carboxylic acids is 2. The van der Waals surface area contributed by atoms with E-state index < -0.39 is 5.41 Å². The van der Waals surface area contributed by atoms with E-state index in [0.29, 0.717) is 55.4 Å². The third kappa shape index (κ3) is 3.86. The number of carbonyl (C=O) groups is 2. The van der Waals surface area contributed by atoms with Gasteiger partial charge in [-0.3, -0.25) is 9.59 Å². The molecule has 3 aliphatic rings. The number of methoxy groups -OCH3 is 2. The second kappa shape index (κ2) is 9.18. The highest BCUT2D eigenvalue weighted by molar-refractivity contribution is 6.01. The Bertz CT molecular complexity index is 1100. The fourth-order valence-corrected chi connectivity index (χ4v) is 4.86. The molecule has 2 heterocycles. The Morgan fingerprint density at radius 3 is 2.59 bits per heavy atom. The lowest BCUT2D eigenvalue weighted by molar-refractivity contribution is -0.170. The van der Waals surface area contributed by atoms with Gasteiger partial charge in [0.1, 0.15) is 18.1 Å². The number of fused-ring (bicyclic) bond motifs is 1. The molecule has 0 aromatic heterocycles. The molecule has 1 N–H and O–H groups in total. The second-order valence-corrected chi connectivity index (χ2v) is 9.01. The lowest BCUT2D eigenvalue weighted by Crippen LogP contribution is -2.45. The monoisotopic (exact) mass is 467 g/mol. The molecule has 2 aromatic rings. The molecule has 8 heteroatoms. The van der Waals surface area contributed by atoms with Crippen LogP contribution in [-0.4, -0.2) is 52.0 Å². The summed E-state index contributed by atoms with van der Waals surface area (Å²) in [5.41, 5.74) is 2.52. The van der Waals surface area contributed by atoms with E-state index in [0.717, 1.165) is 29.5 Å². The molecule has 1 aliphatic carbocycles. The number of benzene rings is 2. The Kier molecular flexibility index (Phi) is 6.08. The van der Waals surface area contributed by atoms with Crippen LogP contribution in [0.3, 0.4) is 0 Å². The molecule has 1 amide bonds. The van der Waals surface area contributed by atoms with Crippen molar-refractivity contribution in [1.82, 2.24) is 5.32 Å². The Morgan fingerprint density at radius 2 is 1.91 bits per heavy atom. The van der Waals surface area contributed by atoms with Crippen LogP contribution in [-0.2, 0) is 20.8 Å². The molecule has 0 radical (unpaired) electrons. The summed E-state index contributed by atoms with van der Waals surface area (Å²) in [7, 11) is 3.13. The highest BCUT2D eigenvalue weighted by Crippen LogP contribution is 2.49. The van der Waals surface area contributed by atoms with Gasteiger partial charge in [0.15, 0.2) is 11.5 Å². The molecule has 5 rings (SSSR count). The Morgan fingerprint density at radius 1 is 1.09 bits per heavy atom.